The van der Waals surface area contributed by atoms with E-state index in [0.717, 1.165) is 5.75 Å². The van der Waals surface area contributed by atoms with Crippen LogP contribution in [0, 0.1) is 5.92 Å². The molecule has 102 valence electrons. The number of carboxylic acids is 1. The summed E-state index contributed by atoms with van der Waals surface area (Å²) in [5, 5.41) is 11.4. The number of aliphatic carboxylic acids is 1. The van der Waals surface area contributed by atoms with Crippen molar-refractivity contribution in [3.05, 3.63) is 0 Å². The predicted molar refractivity (Wildman–Crippen MR) is 68.4 cm³/mol. The van der Waals surface area contributed by atoms with E-state index in [2.05, 4.69) is 5.32 Å². The smallest absolute Gasteiger partial charge is 0.326 e. The molecule has 0 spiro atoms. The van der Waals surface area contributed by atoms with Gasteiger partial charge in [-0.2, -0.15) is 0 Å². The lowest BCUT2D eigenvalue weighted by Crippen LogP contribution is -2.45. The molecule has 1 saturated heterocycles. The van der Waals surface area contributed by atoms with Crippen LogP contribution in [0.4, 0.5) is 4.79 Å². The van der Waals surface area contributed by atoms with Crippen molar-refractivity contribution in [1.29, 1.82) is 0 Å². The molecule has 6 nitrogen and oxygen atoms in total. The number of amides is 2. The lowest BCUT2D eigenvalue weighted by atomic mass is 10.0. The molecular formula is C11H18N2O4S. The average Bonchev–Trinajstić information content (AvgIpc) is 2.68. The maximum absolute atomic E-state index is 11.6. The third-order valence-electron chi connectivity index (χ3n) is 2.70. The number of hydrogen-bond acceptors (Lipinski definition) is 4. The molecule has 1 heterocycles. The summed E-state index contributed by atoms with van der Waals surface area (Å²) in [6.45, 7) is 4.48. The molecule has 0 bridgehead atoms. The standard InChI is InChI=1S/C11H18N2O4S/c1-7(2)9(10(15)16)12-8(14)3-4-13-5-6-18-11(13)17/h7,9H,3-6H2,1-2H3,(H,12,14)(H,15,16)/t9-/m0/s1. The largest absolute Gasteiger partial charge is 0.480 e. The summed E-state index contributed by atoms with van der Waals surface area (Å²) in [7, 11) is 0. The molecule has 1 aliphatic rings. The fourth-order valence-corrected chi connectivity index (χ4v) is 2.48. The number of carbonyl (C=O) groups is 3. The van der Waals surface area contributed by atoms with Gasteiger partial charge in [0.1, 0.15) is 6.04 Å². The Morgan fingerprint density at radius 2 is 2.17 bits per heavy atom. The molecule has 18 heavy (non-hydrogen) atoms. The zero-order valence-corrected chi connectivity index (χ0v) is 11.3. The Bertz CT molecular complexity index is 346. The summed E-state index contributed by atoms with van der Waals surface area (Å²) < 4.78 is 0. The van der Waals surface area contributed by atoms with Crippen molar-refractivity contribution >= 4 is 28.9 Å². The van der Waals surface area contributed by atoms with Gasteiger partial charge in [0, 0.05) is 25.3 Å². The molecule has 0 unspecified atom stereocenters. The number of hydrogen-bond donors (Lipinski definition) is 2. The van der Waals surface area contributed by atoms with Crippen molar-refractivity contribution in [2.45, 2.75) is 26.3 Å². The monoisotopic (exact) mass is 274 g/mol. The van der Waals surface area contributed by atoms with Crippen LogP contribution in [0.5, 0.6) is 0 Å². The summed E-state index contributed by atoms with van der Waals surface area (Å²) in [6.07, 6.45) is 0.142. The van der Waals surface area contributed by atoms with Crippen LogP contribution in [0.1, 0.15) is 20.3 Å². The van der Waals surface area contributed by atoms with Crippen molar-refractivity contribution in [2.24, 2.45) is 5.92 Å². The second-order valence-electron chi connectivity index (χ2n) is 4.48. The fourth-order valence-electron chi connectivity index (χ4n) is 1.62. The Hall–Kier alpha value is -1.24. The number of thioether (sulfide) groups is 1. The van der Waals surface area contributed by atoms with Gasteiger partial charge in [-0.1, -0.05) is 25.6 Å². The van der Waals surface area contributed by atoms with Gasteiger partial charge in [-0.25, -0.2) is 4.79 Å². The maximum atomic E-state index is 11.6. The zero-order valence-electron chi connectivity index (χ0n) is 10.5. The summed E-state index contributed by atoms with van der Waals surface area (Å²) in [5.74, 6) is -0.785. The van der Waals surface area contributed by atoms with E-state index in [-0.39, 0.29) is 23.5 Å². The van der Waals surface area contributed by atoms with E-state index < -0.39 is 12.0 Å². The molecule has 1 atom stereocenters. The molecule has 1 rings (SSSR count). The first-order valence-corrected chi connectivity index (χ1v) is 6.84. The van der Waals surface area contributed by atoms with Gasteiger partial charge in [0.2, 0.25) is 5.91 Å². The van der Waals surface area contributed by atoms with Crippen LogP contribution in [-0.2, 0) is 9.59 Å². The zero-order chi connectivity index (χ0) is 13.7. The highest BCUT2D eigenvalue weighted by molar-refractivity contribution is 8.13. The fraction of sp³-hybridized carbons (Fsp3) is 0.727. The minimum absolute atomic E-state index is 0.0126. The van der Waals surface area contributed by atoms with Crippen molar-refractivity contribution in [2.75, 3.05) is 18.8 Å². The molecule has 0 saturated carbocycles. The summed E-state index contributed by atoms with van der Waals surface area (Å²) in [5.41, 5.74) is 0. The number of nitrogens with one attached hydrogen (secondary N) is 1. The molecule has 2 N–H and O–H groups in total. The van der Waals surface area contributed by atoms with Crippen molar-refractivity contribution in [3.8, 4) is 0 Å². The first-order valence-electron chi connectivity index (χ1n) is 5.85. The van der Waals surface area contributed by atoms with Gasteiger partial charge >= 0.3 is 5.97 Å². The van der Waals surface area contributed by atoms with E-state index >= 15 is 0 Å². The summed E-state index contributed by atoms with van der Waals surface area (Å²) in [4.78, 5) is 35.4. The molecule has 0 aliphatic carbocycles. The predicted octanol–water partition coefficient (Wildman–Crippen LogP) is 0.771. The van der Waals surface area contributed by atoms with Crippen LogP contribution in [0.25, 0.3) is 0 Å². The van der Waals surface area contributed by atoms with E-state index in [1.807, 2.05) is 0 Å². The average molecular weight is 274 g/mol. The Kier molecular flexibility index (Phi) is 5.46. The van der Waals surface area contributed by atoms with E-state index in [0.29, 0.717) is 13.1 Å². The number of carboxylic acid groups (broad SMARTS) is 1. The van der Waals surface area contributed by atoms with Crippen LogP contribution in [0.15, 0.2) is 0 Å². The van der Waals surface area contributed by atoms with E-state index in [1.54, 1.807) is 18.7 Å². The molecule has 2 amide bonds. The van der Waals surface area contributed by atoms with E-state index in [1.165, 1.54) is 11.8 Å². The van der Waals surface area contributed by atoms with Crippen molar-refractivity contribution in [1.82, 2.24) is 10.2 Å². The SMILES string of the molecule is CC(C)[C@H](NC(=O)CCN1CCSC1=O)C(=O)O. The first kappa shape index (κ1) is 14.8. The highest BCUT2D eigenvalue weighted by Crippen LogP contribution is 2.17. The van der Waals surface area contributed by atoms with Crippen molar-refractivity contribution < 1.29 is 19.5 Å². The van der Waals surface area contributed by atoms with Gasteiger partial charge < -0.3 is 15.3 Å². The van der Waals surface area contributed by atoms with E-state index in [9.17, 15) is 14.4 Å². The minimum Gasteiger partial charge on any atom is -0.480 e. The molecule has 7 heteroatoms. The van der Waals surface area contributed by atoms with Crippen LogP contribution < -0.4 is 5.32 Å². The normalized spacial score (nSPS) is 17.1. The van der Waals surface area contributed by atoms with Gasteiger partial charge in [-0.15, -0.1) is 0 Å². The topological polar surface area (TPSA) is 86.7 Å². The Labute approximate surface area is 110 Å². The van der Waals surface area contributed by atoms with Crippen molar-refractivity contribution in [3.63, 3.8) is 0 Å². The molecule has 1 fully saturated rings. The highest BCUT2D eigenvalue weighted by atomic mass is 32.2. The molecule has 0 aromatic carbocycles. The van der Waals surface area contributed by atoms with Crippen LogP contribution in [0.2, 0.25) is 0 Å². The number of rotatable bonds is 6. The van der Waals surface area contributed by atoms with Gasteiger partial charge in [0.25, 0.3) is 5.24 Å². The highest BCUT2D eigenvalue weighted by Gasteiger charge is 2.25. The summed E-state index contributed by atoms with van der Waals surface area (Å²) in [6, 6.07) is -0.874. The van der Waals surface area contributed by atoms with Gasteiger partial charge in [0.05, 0.1) is 0 Å². The number of carbonyl (C=O) groups excluding carboxylic acids is 2. The van der Waals surface area contributed by atoms with Crippen LogP contribution >= 0.6 is 11.8 Å². The number of nitrogens with zero attached hydrogens (tertiary/aromatic N) is 1. The lowest BCUT2D eigenvalue weighted by Gasteiger charge is -2.19. The second-order valence-corrected chi connectivity index (χ2v) is 5.53. The van der Waals surface area contributed by atoms with Gasteiger partial charge in [-0.3, -0.25) is 9.59 Å². The third kappa shape index (κ3) is 4.21. The molecule has 0 aromatic rings. The van der Waals surface area contributed by atoms with Gasteiger partial charge in [-0.05, 0) is 5.92 Å². The summed E-state index contributed by atoms with van der Waals surface area (Å²) >= 11 is 1.24. The Balaban J connectivity index is 2.36. The van der Waals surface area contributed by atoms with E-state index in [4.69, 9.17) is 5.11 Å². The van der Waals surface area contributed by atoms with Crippen LogP contribution in [0.3, 0.4) is 0 Å². The molecular weight excluding hydrogens is 256 g/mol. The molecule has 0 radical (unpaired) electrons. The first-order chi connectivity index (χ1) is 8.41. The minimum atomic E-state index is -1.04. The quantitative estimate of drug-likeness (QED) is 0.747. The Morgan fingerprint density at radius 1 is 1.50 bits per heavy atom. The molecule has 1 aliphatic heterocycles. The molecule has 0 aromatic heterocycles. The van der Waals surface area contributed by atoms with Gasteiger partial charge in [0.15, 0.2) is 0 Å². The lowest BCUT2D eigenvalue weighted by molar-refractivity contribution is -0.143. The Morgan fingerprint density at radius 3 is 2.61 bits per heavy atom. The third-order valence-corrected chi connectivity index (χ3v) is 3.59. The second kappa shape index (κ2) is 6.63. The van der Waals surface area contributed by atoms with Crippen LogP contribution in [-0.4, -0.2) is 52.0 Å². The maximum Gasteiger partial charge on any atom is 0.326 e.